The van der Waals surface area contributed by atoms with E-state index in [1.165, 1.54) is 0 Å². The van der Waals surface area contributed by atoms with Crippen molar-refractivity contribution in [1.29, 1.82) is 0 Å². The maximum atomic E-state index is 5.16. The van der Waals surface area contributed by atoms with Gasteiger partial charge in [-0.05, 0) is 27.7 Å². The topological polar surface area (TPSA) is 36.9 Å². The van der Waals surface area contributed by atoms with Gasteiger partial charge in [-0.25, -0.2) is 18.1 Å². The zero-order chi connectivity index (χ0) is 12.8. The molecule has 0 radical (unpaired) electrons. The molecule has 0 heterocycles. The number of hydrogen-bond acceptors (Lipinski definition) is 4. The summed E-state index contributed by atoms with van der Waals surface area (Å²) in [5.41, 5.74) is 0. The van der Waals surface area contributed by atoms with Gasteiger partial charge >= 0.3 is 21.1 Å². The summed E-state index contributed by atoms with van der Waals surface area (Å²) >= 11 is 0. The van der Waals surface area contributed by atoms with Crippen LogP contribution in [0.5, 0.6) is 0 Å². The molecular formula is C12H34O4P2Pt+2. The van der Waals surface area contributed by atoms with Crippen molar-refractivity contribution < 1.29 is 39.2 Å². The molecule has 0 bridgehead atoms. The van der Waals surface area contributed by atoms with Gasteiger partial charge in [-0.1, -0.05) is 0 Å². The number of rotatable bonds is 8. The van der Waals surface area contributed by atoms with Crippen LogP contribution in [0.25, 0.3) is 0 Å². The van der Waals surface area contributed by atoms with Crippen LogP contribution >= 0.6 is 16.8 Å². The second-order valence-electron chi connectivity index (χ2n) is 2.72. The fourth-order valence-corrected chi connectivity index (χ4v) is 2.69. The maximum Gasteiger partial charge on any atom is 2.00 e. The average molecular weight is 499 g/mol. The van der Waals surface area contributed by atoms with E-state index in [2.05, 4.69) is 0 Å². The van der Waals surface area contributed by atoms with E-state index >= 15 is 0 Å². The molecule has 0 N–H and O–H groups in total. The zero-order valence-electron chi connectivity index (χ0n) is 13.8. The molecule has 0 amide bonds. The van der Waals surface area contributed by atoms with Crippen molar-refractivity contribution in [1.82, 2.24) is 0 Å². The number of hydrogen-bond donors (Lipinski definition) is 0. The Kier molecular flexibility index (Phi) is 47.2. The third kappa shape index (κ3) is 32.7. The van der Waals surface area contributed by atoms with Gasteiger partial charge in [0.15, 0.2) is 0 Å². The molecule has 7 heteroatoms. The molecule has 0 saturated heterocycles. The minimum atomic E-state index is -0.891. The van der Waals surface area contributed by atoms with E-state index in [0.29, 0.717) is 0 Å². The molecule has 0 atom stereocenters. The second-order valence-corrected chi connectivity index (χ2v) is 5.84. The van der Waals surface area contributed by atoms with Crippen molar-refractivity contribution in [2.45, 2.75) is 27.7 Å². The van der Waals surface area contributed by atoms with Gasteiger partial charge < -0.3 is 14.9 Å². The Bertz CT molecular complexity index is 108. The third-order valence-electron chi connectivity index (χ3n) is 1.39. The first-order valence-electron chi connectivity index (χ1n) is 5.80. The SMILES string of the molecule is CCO[PH+](C)OCC.CCO[PH+](C)OCC.[CH3-].[CH3-].[Pt+2]. The van der Waals surface area contributed by atoms with Gasteiger partial charge in [0, 0.05) is 0 Å². The summed E-state index contributed by atoms with van der Waals surface area (Å²) in [6.45, 7) is 15.0. The van der Waals surface area contributed by atoms with E-state index in [0.717, 1.165) is 26.4 Å². The quantitative estimate of drug-likeness (QED) is 0.368. The second kappa shape index (κ2) is 27.7. The molecule has 0 saturated carbocycles. The molecule has 19 heavy (non-hydrogen) atoms. The predicted octanol–water partition coefficient (Wildman–Crippen LogP) is 4.36. The van der Waals surface area contributed by atoms with Crippen molar-refractivity contribution in [3.05, 3.63) is 14.9 Å². The summed E-state index contributed by atoms with van der Waals surface area (Å²) in [4.78, 5) is 0. The third-order valence-corrected chi connectivity index (χ3v) is 4.17. The van der Waals surface area contributed by atoms with E-state index in [9.17, 15) is 0 Å². The van der Waals surface area contributed by atoms with Crippen molar-refractivity contribution in [3.63, 3.8) is 0 Å². The van der Waals surface area contributed by atoms with E-state index in [1.54, 1.807) is 0 Å². The Morgan fingerprint density at radius 1 is 0.579 bits per heavy atom. The van der Waals surface area contributed by atoms with Gasteiger partial charge in [-0.15, -0.1) is 0 Å². The first kappa shape index (κ1) is 32.4. The van der Waals surface area contributed by atoms with Gasteiger partial charge in [0.1, 0.15) is 13.3 Å². The van der Waals surface area contributed by atoms with Crippen LogP contribution in [-0.2, 0) is 39.2 Å². The normalized spacial score (nSPS) is 8.84. The molecule has 0 aliphatic rings. The van der Waals surface area contributed by atoms with Crippen LogP contribution in [-0.4, -0.2) is 39.8 Å². The summed E-state index contributed by atoms with van der Waals surface area (Å²) in [5, 5.41) is 0. The van der Waals surface area contributed by atoms with Gasteiger partial charge in [0.05, 0.1) is 26.4 Å². The van der Waals surface area contributed by atoms with Crippen molar-refractivity contribution in [2.24, 2.45) is 0 Å². The summed E-state index contributed by atoms with van der Waals surface area (Å²) < 4.78 is 20.6. The molecule has 0 aliphatic heterocycles. The van der Waals surface area contributed by atoms with Crippen LogP contribution in [0.2, 0.25) is 0 Å². The first-order valence-corrected chi connectivity index (χ1v) is 9.43. The molecule has 0 fully saturated rings. The molecule has 0 aromatic heterocycles. The van der Waals surface area contributed by atoms with Crippen LogP contribution in [0, 0.1) is 14.9 Å². The molecule has 0 aromatic carbocycles. The fourth-order valence-electron chi connectivity index (χ4n) is 0.896. The molecule has 0 aliphatic carbocycles. The van der Waals surface area contributed by atoms with Gasteiger partial charge in [0.25, 0.3) is 16.8 Å². The largest absolute Gasteiger partial charge is 2.00 e. The summed E-state index contributed by atoms with van der Waals surface area (Å²) in [7, 11) is -1.78. The van der Waals surface area contributed by atoms with Crippen molar-refractivity contribution in [2.75, 3.05) is 39.8 Å². The molecule has 0 unspecified atom stereocenters. The monoisotopic (exact) mass is 499 g/mol. The van der Waals surface area contributed by atoms with Gasteiger partial charge in [0.2, 0.25) is 0 Å². The van der Waals surface area contributed by atoms with Crippen molar-refractivity contribution in [3.8, 4) is 0 Å². The van der Waals surface area contributed by atoms with Crippen LogP contribution in [0.1, 0.15) is 27.7 Å². The van der Waals surface area contributed by atoms with Gasteiger partial charge in [-0.3, -0.25) is 0 Å². The Labute approximate surface area is 138 Å². The summed E-state index contributed by atoms with van der Waals surface area (Å²) in [6.07, 6.45) is 0. The molecular weight excluding hydrogens is 465 g/mol. The Balaban J connectivity index is -0.0000000594. The zero-order valence-corrected chi connectivity index (χ0v) is 18.0. The van der Waals surface area contributed by atoms with E-state index in [4.69, 9.17) is 18.1 Å². The standard InChI is InChI=1S/2C5H13O2P.2CH3.Pt/c2*1-4-6-8(3)7-5-2;;;/h2*4-5H2,1-3H3;2*1H3;/q;;2*-1;+2/p+2. The molecule has 0 rings (SSSR count). The molecule has 0 spiro atoms. The van der Waals surface area contributed by atoms with Gasteiger partial charge in [-0.2, -0.15) is 0 Å². The maximum absolute atomic E-state index is 5.16. The molecule has 4 nitrogen and oxygen atoms in total. The van der Waals surface area contributed by atoms with Crippen molar-refractivity contribution >= 4 is 16.8 Å². The Morgan fingerprint density at radius 3 is 0.842 bits per heavy atom. The van der Waals surface area contributed by atoms with E-state index in [1.807, 2.05) is 41.0 Å². The predicted molar refractivity (Wildman–Crippen MR) is 87.8 cm³/mol. The Morgan fingerprint density at radius 2 is 0.737 bits per heavy atom. The fraction of sp³-hybridized carbons (Fsp3) is 0.833. The van der Waals surface area contributed by atoms with Crippen LogP contribution in [0.3, 0.4) is 0 Å². The van der Waals surface area contributed by atoms with Crippen LogP contribution < -0.4 is 0 Å². The van der Waals surface area contributed by atoms with E-state index < -0.39 is 16.8 Å². The first-order chi connectivity index (χ1) is 7.62. The van der Waals surface area contributed by atoms with E-state index in [-0.39, 0.29) is 35.9 Å². The average Bonchev–Trinajstić information content (AvgIpc) is 2.20. The molecule has 0 aromatic rings. The summed E-state index contributed by atoms with van der Waals surface area (Å²) in [6, 6.07) is 0. The van der Waals surface area contributed by atoms with Crippen LogP contribution in [0.4, 0.5) is 0 Å². The minimum absolute atomic E-state index is 0. The molecule has 124 valence electrons. The minimum Gasteiger partial charge on any atom is -0.358 e. The summed E-state index contributed by atoms with van der Waals surface area (Å²) in [5.74, 6) is 0. The van der Waals surface area contributed by atoms with Crippen LogP contribution in [0.15, 0.2) is 0 Å². The Hall–Kier alpha value is 1.39. The smallest absolute Gasteiger partial charge is 0.358 e.